The lowest BCUT2D eigenvalue weighted by molar-refractivity contribution is -0.172. The van der Waals surface area contributed by atoms with Gasteiger partial charge in [0.05, 0.1) is 19.8 Å². The van der Waals surface area contributed by atoms with E-state index in [0.717, 1.165) is 12.8 Å². The first-order valence-corrected chi connectivity index (χ1v) is 13.9. The van der Waals surface area contributed by atoms with Crippen LogP contribution in [0.4, 0.5) is 0 Å². The first-order valence-electron chi connectivity index (χ1n) is 13.9. The van der Waals surface area contributed by atoms with Crippen LogP contribution in [-0.2, 0) is 24.0 Å². The van der Waals surface area contributed by atoms with E-state index in [1.54, 1.807) is 0 Å². The fourth-order valence-electron chi connectivity index (χ4n) is 3.47. The zero-order chi connectivity index (χ0) is 25.7. The number of esters is 1. The summed E-state index contributed by atoms with van der Waals surface area (Å²) in [5, 5.41) is 11.6. The maximum Gasteiger partial charge on any atom is 0.305 e. The van der Waals surface area contributed by atoms with Crippen LogP contribution in [0, 0.1) is 0 Å². The molecule has 0 aliphatic heterocycles. The molecule has 0 bridgehead atoms. The number of rotatable bonds is 28. The number of allylic oxidation sites excluding steroid dienone is 2. The van der Waals surface area contributed by atoms with Gasteiger partial charge in [-0.1, -0.05) is 76.1 Å². The molecule has 3 N–H and O–H groups in total. The molecule has 0 aromatic rings. The molecule has 0 atom stereocenters. The Kier molecular flexibility index (Phi) is 27.5. The van der Waals surface area contributed by atoms with Gasteiger partial charge in [-0.2, -0.15) is 0 Å². The van der Waals surface area contributed by atoms with Gasteiger partial charge in [0.15, 0.2) is 0 Å². The van der Waals surface area contributed by atoms with E-state index in [1.165, 1.54) is 70.6 Å². The van der Waals surface area contributed by atoms with Gasteiger partial charge in [0.25, 0.3) is 0 Å². The number of carboxylic acid groups (broad SMARTS) is 1. The predicted molar refractivity (Wildman–Crippen MR) is 140 cm³/mol. The molecule has 0 unspecified atom stereocenters. The van der Waals surface area contributed by atoms with E-state index in [9.17, 15) is 9.59 Å². The number of nitrogens with one attached hydrogen (secondary N) is 2. The molecule has 0 saturated carbocycles. The average molecular weight is 501 g/mol. The summed E-state index contributed by atoms with van der Waals surface area (Å²) in [5.41, 5.74) is 2.39. The van der Waals surface area contributed by atoms with Crippen LogP contribution in [-0.4, -0.2) is 50.0 Å². The average Bonchev–Trinajstić information content (AvgIpc) is 2.84. The number of unbranched alkanes of at least 4 members (excludes halogenated alkanes) is 11. The van der Waals surface area contributed by atoms with Crippen molar-refractivity contribution in [1.82, 2.24) is 11.0 Å². The minimum Gasteiger partial charge on any atom is -0.481 e. The lowest BCUT2D eigenvalue weighted by atomic mass is 10.1. The van der Waals surface area contributed by atoms with E-state index in [2.05, 4.69) is 30.0 Å². The summed E-state index contributed by atoms with van der Waals surface area (Å²) < 4.78 is 5.21. The summed E-state index contributed by atoms with van der Waals surface area (Å²) in [6, 6.07) is 0. The van der Waals surface area contributed by atoms with Crippen molar-refractivity contribution in [1.29, 1.82) is 0 Å². The molecule has 8 nitrogen and oxygen atoms in total. The Morgan fingerprint density at radius 2 is 1.31 bits per heavy atom. The Balaban J connectivity index is 3.21. The molecule has 0 aromatic heterocycles. The number of carbonyl (C=O) groups excluding carboxylic acids is 1. The third kappa shape index (κ3) is 30.5. The fraction of sp³-hybridized carbons (Fsp3) is 0.852. The van der Waals surface area contributed by atoms with Gasteiger partial charge in [0.1, 0.15) is 0 Å². The standard InChI is InChI=1S/C27H52N2O6/c1-2-3-4-5-6-7-8-9-10-11-12-13-14-15-16-20-27(32)33-23-18-24-34-29-35-25-22-28-21-17-19-26(30)31/h9-10,28-29H,2-8,11-25H2,1H3,(H,30,31)/b10-9-. The van der Waals surface area contributed by atoms with Crippen molar-refractivity contribution >= 4 is 11.9 Å². The van der Waals surface area contributed by atoms with Crippen LogP contribution in [0.2, 0.25) is 0 Å². The number of carbonyl (C=O) groups is 2. The molecular weight excluding hydrogens is 448 g/mol. The molecule has 0 heterocycles. The lowest BCUT2D eigenvalue weighted by Gasteiger charge is -2.08. The minimum atomic E-state index is -0.785. The van der Waals surface area contributed by atoms with Gasteiger partial charge in [-0.25, -0.2) is 0 Å². The molecule has 8 heteroatoms. The second-order valence-electron chi connectivity index (χ2n) is 8.94. The Bertz CT molecular complexity index is 502. The van der Waals surface area contributed by atoms with Crippen LogP contribution in [0.5, 0.6) is 0 Å². The van der Waals surface area contributed by atoms with Crippen molar-refractivity contribution in [2.24, 2.45) is 0 Å². The summed E-state index contributed by atoms with van der Waals surface area (Å²) in [5.74, 6) is -0.923. The van der Waals surface area contributed by atoms with Crippen LogP contribution < -0.4 is 11.0 Å². The van der Waals surface area contributed by atoms with E-state index >= 15 is 0 Å². The molecule has 0 aliphatic carbocycles. The Labute approximate surface area is 213 Å². The Morgan fingerprint density at radius 3 is 2.00 bits per heavy atom. The van der Waals surface area contributed by atoms with Gasteiger partial charge in [0, 0.05) is 25.8 Å². The van der Waals surface area contributed by atoms with Crippen LogP contribution in [0.3, 0.4) is 0 Å². The second kappa shape index (κ2) is 28.8. The van der Waals surface area contributed by atoms with Crippen molar-refractivity contribution in [3.8, 4) is 0 Å². The maximum atomic E-state index is 11.7. The molecule has 35 heavy (non-hydrogen) atoms. The van der Waals surface area contributed by atoms with Crippen LogP contribution in [0.25, 0.3) is 0 Å². The number of hydrogen-bond acceptors (Lipinski definition) is 7. The van der Waals surface area contributed by atoms with Crippen molar-refractivity contribution in [2.45, 2.75) is 116 Å². The quantitative estimate of drug-likeness (QED) is 0.0530. The van der Waals surface area contributed by atoms with Crippen molar-refractivity contribution in [3.63, 3.8) is 0 Å². The second-order valence-corrected chi connectivity index (χ2v) is 8.94. The first kappa shape index (κ1) is 33.5. The molecule has 0 aromatic carbocycles. The normalized spacial score (nSPS) is 11.3. The molecule has 0 spiro atoms. The molecule has 0 amide bonds. The minimum absolute atomic E-state index is 0.138. The van der Waals surface area contributed by atoms with Gasteiger partial charge < -0.3 is 15.2 Å². The zero-order valence-electron chi connectivity index (χ0n) is 22.2. The van der Waals surface area contributed by atoms with Crippen molar-refractivity contribution in [3.05, 3.63) is 12.2 Å². The smallest absolute Gasteiger partial charge is 0.305 e. The molecular formula is C27H52N2O6. The monoisotopic (exact) mass is 500 g/mol. The molecule has 0 saturated heterocycles. The maximum absolute atomic E-state index is 11.7. The van der Waals surface area contributed by atoms with Gasteiger partial charge >= 0.3 is 11.9 Å². The predicted octanol–water partition coefficient (Wildman–Crippen LogP) is 5.86. The van der Waals surface area contributed by atoms with E-state index in [1.807, 2.05) is 0 Å². The number of hydrogen-bond donors (Lipinski definition) is 3. The highest BCUT2D eigenvalue weighted by atomic mass is 16.9. The highest BCUT2D eigenvalue weighted by Crippen LogP contribution is 2.10. The zero-order valence-corrected chi connectivity index (χ0v) is 22.2. The number of ether oxygens (including phenoxy) is 1. The third-order valence-corrected chi connectivity index (χ3v) is 5.54. The molecule has 206 valence electrons. The Morgan fingerprint density at radius 1 is 0.686 bits per heavy atom. The van der Waals surface area contributed by atoms with Crippen LogP contribution in [0.1, 0.15) is 116 Å². The van der Waals surface area contributed by atoms with E-state index in [-0.39, 0.29) is 12.4 Å². The van der Waals surface area contributed by atoms with Crippen molar-refractivity contribution < 1.29 is 29.1 Å². The van der Waals surface area contributed by atoms with Gasteiger partial charge in [-0.05, 0) is 45.1 Å². The van der Waals surface area contributed by atoms with Gasteiger partial charge in [0.2, 0.25) is 0 Å². The van der Waals surface area contributed by atoms with Crippen LogP contribution in [0.15, 0.2) is 12.2 Å². The summed E-state index contributed by atoms with van der Waals surface area (Å²) in [4.78, 5) is 32.3. The van der Waals surface area contributed by atoms with Crippen LogP contribution >= 0.6 is 0 Å². The molecule has 0 fully saturated rings. The summed E-state index contributed by atoms with van der Waals surface area (Å²) in [6.07, 6.45) is 22.7. The highest BCUT2D eigenvalue weighted by molar-refractivity contribution is 5.69. The Hall–Kier alpha value is -1.48. The van der Waals surface area contributed by atoms with Gasteiger partial charge in [-0.3, -0.25) is 19.3 Å². The highest BCUT2D eigenvalue weighted by Gasteiger charge is 2.02. The van der Waals surface area contributed by atoms with E-state index in [4.69, 9.17) is 19.5 Å². The number of aliphatic carboxylic acids is 1. The van der Waals surface area contributed by atoms with E-state index < -0.39 is 5.97 Å². The fourth-order valence-corrected chi connectivity index (χ4v) is 3.47. The summed E-state index contributed by atoms with van der Waals surface area (Å²) in [6.45, 7) is 4.62. The molecule has 0 rings (SSSR count). The topological polar surface area (TPSA) is 106 Å². The summed E-state index contributed by atoms with van der Waals surface area (Å²) in [7, 11) is 0. The first-order chi connectivity index (χ1) is 17.2. The third-order valence-electron chi connectivity index (χ3n) is 5.54. The summed E-state index contributed by atoms with van der Waals surface area (Å²) >= 11 is 0. The van der Waals surface area contributed by atoms with E-state index in [0.29, 0.717) is 52.2 Å². The molecule has 0 radical (unpaired) electrons. The lowest BCUT2D eigenvalue weighted by Crippen LogP contribution is -2.26. The van der Waals surface area contributed by atoms with Gasteiger partial charge in [-0.15, -0.1) is 0 Å². The SMILES string of the molecule is CCCCCCCC/C=C\CCCCCCCC(=O)OCCCONOCCNCCCC(=O)O. The van der Waals surface area contributed by atoms with Crippen molar-refractivity contribution in [2.75, 3.05) is 32.9 Å². The number of carboxylic acids is 1. The molecule has 0 aliphatic rings. The largest absolute Gasteiger partial charge is 0.481 e.